The van der Waals surface area contributed by atoms with Crippen LogP contribution < -0.4 is 9.80 Å². The number of nitrogens with zero attached hydrogens (tertiary/aromatic N) is 2. The number of benzene rings is 10. The minimum absolute atomic E-state index is 1.10. The Morgan fingerprint density at radius 3 is 0.950 bits per heavy atom. The number of hydrogen-bond acceptors (Lipinski definition) is 2. The molecular formula is C58H44N2. The smallest absolute Gasteiger partial charge is 0.0468 e. The van der Waals surface area contributed by atoms with Crippen LogP contribution in [0.15, 0.2) is 231 Å². The molecule has 0 bridgehead atoms. The molecule has 0 amide bonds. The van der Waals surface area contributed by atoms with Gasteiger partial charge in [-0.3, -0.25) is 0 Å². The van der Waals surface area contributed by atoms with Gasteiger partial charge in [0.05, 0.1) is 0 Å². The number of fused-ring (bicyclic) bond motifs is 2. The van der Waals surface area contributed by atoms with Crippen molar-refractivity contribution in [3.63, 3.8) is 0 Å². The maximum absolute atomic E-state index is 2.41. The third-order valence-electron chi connectivity index (χ3n) is 11.6. The van der Waals surface area contributed by atoms with Crippen molar-refractivity contribution in [2.24, 2.45) is 0 Å². The highest BCUT2D eigenvalue weighted by Crippen LogP contribution is 2.48. The summed E-state index contributed by atoms with van der Waals surface area (Å²) in [4.78, 5) is 4.74. The van der Waals surface area contributed by atoms with Crippen molar-refractivity contribution in [3.05, 3.63) is 242 Å². The predicted octanol–water partition coefficient (Wildman–Crippen LogP) is 16.6. The normalized spacial score (nSPS) is 11.2. The highest BCUT2D eigenvalue weighted by Gasteiger charge is 2.22. The van der Waals surface area contributed by atoms with Gasteiger partial charge in [-0.25, -0.2) is 0 Å². The van der Waals surface area contributed by atoms with E-state index in [9.17, 15) is 0 Å². The molecule has 0 unspecified atom stereocenters. The molecule has 0 aliphatic rings. The van der Waals surface area contributed by atoms with Crippen LogP contribution >= 0.6 is 0 Å². The first-order valence-corrected chi connectivity index (χ1v) is 20.7. The maximum atomic E-state index is 2.41. The Balaban J connectivity index is 1.28. The Kier molecular flexibility index (Phi) is 9.73. The van der Waals surface area contributed by atoms with E-state index in [-0.39, 0.29) is 0 Å². The van der Waals surface area contributed by atoms with Gasteiger partial charge in [0.25, 0.3) is 0 Å². The fourth-order valence-electron chi connectivity index (χ4n) is 8.61. The molecule has 0 atom stereocenters. The molecule has 0 heterocycles. The van der Waals surface area contributed by atoms with E-state index < -0.39 is 0 Å². The van der Waals surface area contributed by atoms with Gasteiger partial charge in [-0.15, -0.1) is 0 Å². The van der Waals surface area contributed by atoms with Gasteiger partial charge in [-0.05, 0) is 142 Å². The molecule has 286 valence electrons. The van der Waals surface area contributed by atoms with E-state index in [0.717, 1.165) is 34.1 Å². The van der Waals surface area contributed by atoms with Crippen LogP contribution in [0.3, 0.4) is 0 Å². The number of rotatable bonds is 9. The lowest BCUT2D eigenvalue weighted by Crippen LogP contribution is -2.10. The molecule has 0 aliphatic heterocycles. The lowest BCUT2D eigenvalue weighted by Gasteiger charge is -2.28. The van der Waals surface area contributed by atoms with Crippen molar-refractivity contribution < 1.29 is 0 Å². The van der Waals surface area contributed by atoms with E-state index in [4.69, 9.17) is 0 Å². The number of hydrogen-bond donors (Lipinski definition) is 0. The Bertz CT molecular complexity index is 3050. The minimum atomic E-state index is 1.10. The zero-order valence-electron chi connectivity index (χ0n) is 33.8. The molecule has 2 nitrogen and oxygen atoms in total. The molecule has 0 fully saturated rings. The van der Waals surface area contributed by atoms with Crippen molar-refractivity contribution >= 4 is 55.7 Å². The van der Waals surface area contributed by atoms with E-state index in [1.807, 2.05) is 0 Å². The predicted molar refractivity (Wildman–Crippen MR) is 257 cm³/mol. The van der Waals surface area contributed by atoms with Gasteiger partial charge < -0.3 is 9.80 Å². The van der Waals surface area contributed by atoms with Crippen LogP contribution in [0, 0.1) is 13.8 Å². The summed E-state index contributed by atoms with van der Waals surface area (Å²) in [7, 11) is 0. The second-order valence-corrected chi connectivity index (χ2v) is 15.5. The Morgan fingerprint density at radius 2 is 0.533 bits per heavy atom. The maximum Gasteiger partial charge on any atom is 0.0468 e. The molecule has 10 rings (SSSR count). The number of para-hydroxylation sites is 2. The zero-order chi connectivity index (χ0) is 40.4. The van der Waals surface area contributed by atoms with Crippen LogP contribution in [0.5, 0.6) is 0 Å². The average molecular weight is 769 g/mol. The van der Waals surface area contributed by atoms with Crippen LogP contribution in [0.25, 0.3) is 54.9 Å². The van der Waals surface area contributed by atoms with Gasteiger partial charge in [-0.2, -0.15) is 0 Å². The number of anilines is 6. The highest BCUT2D eigenvalue weighted by molar-refractivity contribution is 6.22. The summed E-state index contributed by atoms with van der Waals surface area (Å²) >= 11 is 0. The van der Waals surface area contributed by atoms with Crippen LogP contribution in [-0.4, -0.2) is 0 Å². The summed E-state index contributed by atoms with van der Waals surface area (Å²) in [5.41, 5.74) is 16.3. The topological polar surface area (TPSA) is 6.48 Å². The van der Waals surface area contributed by atoms with E-state index in [1.54, 1.807) is 0 Å². The summed E-state index contributed by atoms with van der Waals surface area (Å²) < 4.78 is 0. The lowest BCUT2D eigenvalue weighted by molar-refractivity contribution is 1.28. The Morgan fingerprint density at radius 1 is 0.233 bits per heavy atom. The molecule has 0 aromatic heterocycles. The first-order chi connectivity index (χ1) is 29.6. The second-order valence-electron chi connectivity index (χ2n) is 15.5. The second kappa shape index (κ2) is 15.9. The average Bonchev–Trinajstić information content (AvgIpc) is 3.31. The number of aryl methyl sites for hydroxylation is 2. The standard InChI is InChI=1S/C58H44N2/c1-41-23-31-49(32-24-41)59(47-19-11-5-12-20-47)51-36-38-54-55(39-51)57(45-17-9-4-10-18-45)53-37-35-52(60(48-21-13-6-14-22-48)50-33-25-42(2)26-34-50)40-56(53)58(54)46-29-27-44(28-30-46)43-15-7-3-8-16-43/h3-40H,1-2H3. The summed E-state index contributed by atoms with van der Waals surface area (Å²) in [5.74, 6) is 0. The van der Waals surface area contributed by atoms with Gasteiger partial charge in [-0.1, -0.05) is 169 Å². The highest BCUT2D eigenvalue weighted by atomic mass is 15.1. The van der Waals surface area contributed by atoms with Crippen LogP contribution in [-0.2, 0) is 0 Å². The Hall–Kier alpha value is -7.68. The summed E-state index contributed by atoms with van der Waals surface area (Å²) in [6.45, 7) is 4.28. The van der Waals surface area contributed by atoms with Gasteiger partial charge in [0.15, 0.2) is 0 Å². The van der Waals surface area contributed by atoms with Crippen LogP contribution in [0.1, 0.15) is 11.1 Å². The van der Waals surface area contributed by atoms with E-state index in [0.29, 0.717) is 0 Å². The molecule has 2 heteroatoms. The van der Waals surface area contributed by atoms with Crippen molar-refractivity contribution in [1.82, 2.24) is 0 Å². The molecular weight excluding hydrogens is 725 g/mol. The van der Waals surface area contributed by atoms with E-state index in [1.165, 1.54) is 66.1 Å². The minimum Gasteiger partial charge on any atom is -0.310 e. The first-order valence-electron chi connectivity index (χ1n) is 20.7. The van der Waals surface area contributed by atoms with E-state index in [2.05, 4.69) is 254 Å². The lowest BCUT2D eigenvalue weighted by atomic mass is 9.85. The molecule has 0 saturated carbocycles. The summed E-state index contributed by atoms with van der Waals surface area (Å²) in [6.07, 6.45) is 0. The molecule has 10 aromatic rings. The van der Waals surface area contributed by atoms with Crippen LogP contribution in [0.4, 0.5) is 34.1 Å². The molecule has 60 heavy (non-hydrogen) atoms. The third kappa shape index (κ3) is 6.99. The monoisotopic (exact) mass is 768 g/mol. The van der Waals surface area contributed by atoms with Crippen molar-refractivity contribution in [2.45, 2.75) is 13.8 Å². The largest absolute Gasteiger partial charge is 0.310 e. The van der Waals surface area contributed by atoms with Crippen molar-refractivity contribution in [3.8, 4) is 33.4 Å². The quantitative estimate of drug-likeness (QED) is 0.135. The molecule has 0 radical (unpaired) electrons. The molecule has 0 spiro atoms. The van der Waals surface area contributed by atoms with Crippen molar-refractivity contribution in [2.75, 3.05) is 9.80 Å². The summed E-state index contributed by atoms with van der Waals surface area (Å²) in [5, 5.41) is 4.81. The SMILES string of the molecule is Cc1ccc(N(c2ccccc2)c2ccc3c(-c4ccc(-c5ccccc5)cc4)c4cc(N(c5ccccc5)c5ccc(C)cc5)ccc4c(-c4ccccc4)c3c2)cc1. The van der Waals surface area contributed by atoms with Crippen molar-refractivity contribution in [1.29, 1.82) is 0 Å². The third-order valence-corrected chi connectivity index (χ3v) is 11.6. The molecule has 10 aromatic carbocycles. The molecule has 0 aliphatic carbocycles. The first kappa shape index (κ1) is 36.6. The Labute approximate surface area is 352 Å². The van der Waals surface area contributed by atoms with E-state index >= 15 is 0 Å². The molecule has 0 saturated heterocycles. The van der Waals surface area contributed by atoms with Crippen LogP contribution in [0.2, 0.25) is 0 Å². The zero-order valence-corrected chi connectivity index (χ0v) is 33.8. The fraction of sp³-hybridized carbons (Fsp3) is 0.0345. The van der Waals surface area contributed by atoms with Gasteiger partial charge >= 0.3 is 0 Å². The summed E-state index contributed by atoms with van der Waals surface area (Å²) in [6, 6.07) is 83.8. The van der Waals surface area contributed by atoms with Gasteiger partial charge in [0.2, 0.25) is 0 Å². The van der Waals surface area contributed by atoms with Gasteiger partial charge in [0, 0.05) is 34.1 Å². The van der Waals surface area contributed by atoms with Gasteiger partial charge in [0.1, 0.15) is 0 Å². The molecule has 0 N–H and O–H groups in total. The fourth-order valence-corrected chi connectivity index (χ4v) is 8.61.